The molecule has 1 saturated heterocycles. The first-order valence-electron chi connectivity index (χ1n) is 6.66. The largest absolute Gasteiger partial charge is 0.468 e. The zero-order chi connectivity index (χ0) is 13.8. The minimum Gasteiger partial charge on any atom is -0.468 e. The zero-order valence-electron chi connectivity index (χ0n) is 12.3. The summed E-state index contributed by atoms with van der Waals surface area (Å²) in [5.74, 6) is -0.198. The number of hydrogen-bond donors (Lipinski definition) is 1. The van der Waals surface area contributed by atoms with Gasteiger partial charge >= 0.3 is 5.97 Å². The van der Waals surface area contributed by atoms with Crippen molar-refractivity contribution in [3.63, 3.8) is 0 Å². The first kappa shape index (κ1) is 15.4. The lowest BCUT2D eigenvalue weighted by Crippen LogP contribution is -2.59. The van der Waals surface area contributed by atoms with Crippen molar-refractivity contribution >= 4 is 5.97 Å². The van der Waals surface area contributed by atoms with Crippen LogP contribution in [0.2, 0.25) is 0 Å². The van der Waals surface area contributed by atoms with Crippen molar-refractivity contribution < 1.29 is 9.53 Å². The van der Waals surface area contributed by atoms with Gasteiger partial charge in [-0.2, -0.15) is 0 Å². The highest BCUT2D eigenvalue weighted by Gasteiger charge is 2.35. The lowest BCUT2D eigenvalue weighted by molar-refractivity contribution is -0.148. The Labute approximate surface area is 110 Å². The van der Waals surface area contributed by atoms with Gasteiger partial charge in [-0.05, 0) is 27.8 Å². The Morgan fingerprint density at radius 1 is 1.33 bits per heavy atom. The molecule has 5 heteroatoms. The predicted molar refractivity (Wildman–Crippen MR) is 72.6 cm³/mol. The van der Waals surface area contributed by atoms with Crippen LogP contribution in [0.5, 0.6) is 0 Å². The number of nitrogens with one attached hydrogen (secondary N) is 1. The second kappa shape index (κ2) is 6.50. The van der Waals surface area contributed by atoms with Gasteiger partial charge in [0.25, 0.3) is 0 Å². The van der Waals surface area contributed by atoms with E-state index in [1.165, 1.54) is 7.11 Å². The number of piperazine rings is 1. The molecule has 1 N–H and O–H groups in total. The average molecular weight is 257 g/mol. The molecule has 0 aromatic heterocycles. The fraction of sp³-hybridized carbons (Fsp3) is 0.923. The van der Waals surface area contributed by atoms with Crippen molar-refractivity contribution in [1.29, 1.82) is 0 Å². The summed E-state index contributed by atoms with van der Waals surface area (Å²) in [6.07, 6.45) is 0. The molecule has 1 aliphatic heterocycles. The molecule has 1 fully saturated rings. The molecular formula is C13H27N3O2. The van der Waals surface area contributed by atoms with E-state index in [9.17, 15) is 4.79 Å². The van der Waals surface area contributed by atoms with Crippen LogP contribution in [0, 0.1) is 0 Å². The molecule has 1 atom stereocenters. The zero-order valence-corrected chi connectivity index (χ0v) is 12.3. The minimum atomic E-state index is -0.616. The maximum absolute atomic E-state index is 11.8. The number of ether oxygens (including phenoxy) is 1. The van der Waals surface area contributed by atoms with E-state index in [-0.39, 0.29) is 5.97 Å². The second-order valence-corrected chi connectivity index (χ2v) is 5.48. The molecule has 0 radical (unpaired) electrons. The van der Waals surface area contributed by atoms with Gasteiger partial charge in [-0.15, -0.1) is 0 Å². The molecule has 0 bridgehead atoms. The summed E-state index contributed by atoms with van der Waals surface area (Å²) < 4.78 is 4.87. The third-order valence-electron chi connectivity index (χ3n) is 3.86. The Morgan fingerprint density at radius 2 is 1.89 bits per heavy atom. The lowest BCUT2D eigenvalue weighted by atomic mass is 10.0. The van der Waals surface area contributed by atoms with Crippen LogP contribution in [-0.2, 0) is 9.53 Å². The maximum atomic E-state index is 11.8. The van der Waals surface area contributed by atoms with Crippen LogP contribution in [0.15, 0.2) is 0 Å². The molecular weight excluding hydrogens is 230 g/mol. The van der Waals surface area contributed by atoms with E-state index in [0.29, 0.717) is 12.6 Å². The van der Waals surface area contributed by atoms with E-state index in [0.717, 1.165) is 26.2 Å². The third-order valence-corrected chi connectivity index (χ3v) is 3.86. The molecule has 0 saturated carbocycles. The molecule has 1 rings (SSSR count). The van der Waals surface area contributed by atoms with Gasteiger partial charge in [-0.25, -0.2) is 0 Å². The Kier molecular flexibility index (Phi) is 5.56. The Bertz CT molecular complexity index is 275. The Morgan fingerprint density at radius 3 is 2.28 bits per heavy atom. The molecule has 0 aromatic rings. The number of esters is 1. The Balaban J connectivity index is 2.51. The van der Waals surface area contributed by atoms with Gasteiger partial charge in [0.1, 0.15) is 5.54 Å². The number of rotatable bonds is 5. The molecule has 0 spiro atoms. The van der Waals surface area contributed by atoms with Crippen molar-refractivity contribution in [1.82, 2.24) is 15.1 Å². The summed E-state index contributed by atoms with van der Waals surface area (Å²) in [5.41, 5.74) is -0.616. The molecule has 1 heterocycles. The normalized spacial score (nSPS) is 21.9. The summed E-state index contributed by atoms with van der Waals surface area (Å²) in [4.78, 5) is 16.6. The van der Waals surface area contributed by atoms with Crippen molar-refractivity contribution in [2.45, 2.75) is 32.4 Å². The summed E-state index contributed by atoms with van der Waals surface area (Å²) in [7, 11) is 3.25. The number of likely N-dealkylation sites (N-methyl/N-ethyl adjacent to an activating group) is 1. The van der Waals surface area contributed by atoms with E-state index in [1.807, 2.05) is 6.92 Å². The van der Waals surface area contributed by atoms with Gasteiger partial charge in [-0.1, -0.05) is 0 Å². The monoisotopic (exact) mass is 257 g/mol. The topological polar surface area (TPSA) is 44.8 Å². The van der Waals surface area contributed by atoms with Crippen molar-refractivity contribution in [3.05, 3.63) is 0 Å². The molecule has 0 aliphatic carbocycles. The number of carbonyl (C=O) groups excluding carboxylic acids is 1. The second-order valence-electron chi connectivity index (χ2n) is 5.48. The highest BCUT2D eigenvalue weighted by Crippen LogP contribution is 2.12. The van der Waals surface area contributed by atoms with Gasteiger partial charge in [0.2, 0.25) is 0 Å². The van der Waals surface area contributed by atoms with Crippen LogP contribution in [0.25, 0.3) is 0 Å². The van der Waals surface area contributed by atoms with Gasteiger partial charge < -0.3 is 10.1 Å². The number of methoxy groups -OCH3 is 1. The fourth-order valence-corrected chi connectivity index (χ4v) is 2.36. The molecule has 0 aromatic carbocycles. The van der Waals surface area contributed by atoms with Gasteiger partial charge in [0.05, 0.1) is 7.11 Å². The van der Waals surface area contributed by atoms with Gasteiger partial charge in [0, 0.05) is 38.8 Å². The molecule has 1 unspecified atom stereocenters. The molecule has 1 aliphatic rings. The Hall–Kier alpha value is -0.650. The van der Waals surface area contributed by atoms with Crippen molar-refractivity contribution in [2.75, 3.05) is 46.9 Å². The van der Waals surface area contributed by atoms with Crippen LogP contribution in [0.4, 0.5) is 0 Å². The summed E-state index contributed by atoms with van der Waals surface area (Å²) in [6.45, 7) is 11.2. The lowest BCUT2D eigenvalue weighted by Gasteiger charge is -2.40. The maximum Gasteiger partial charge on any atom is 0.327 e. The smallest absolute Gasteiger partial charge is 0.327 e. The SMILES string of the molecule is CNC(C)(CN1CCN(C(C)C)CC1)C(=O)OC. The molecule has 5 nitrogen and oxygen atoms in total. The minimum absolute atomic E-state index is 0.198. The van der Waals surface area contributed by atoms with Gasteiger partial charge in [0.15, 0.2) is 0 Å². The number of hydrogen-bond acceptors (Lipinski definition) is 5. The summed E-state index contributed by atoms with van der Waals surface area (Å²) in [5, 5.41) is 3.08. The first-order chi connectivity index (χ1) is 8.42. The van der Waals surface area contributed by atoms with E-state index >= 15 is 0 Å². The van der Waals surface area contributed by atoms with E-state index in [4.69, 9.17) is 4.74 Å². The average Bonchev–Trinajstić information content (AvgIpc) is 2.38. The standard InChI is InChI=1S/C13H27N3O2/c1-11(2)16-8-6-15(7-9-16)10-13(3,14-4)12(17)18-5/h11,14H,6-10H2,1-5H3. The highest BCUT2D eigenvalue weighted by molar-refractivity contribution is 5.80. The first-order valence-corrected chi connectivity index (χ1v) is 6.66. The van der Waals surface area contributed by atoms with Crippen LogP contribution in [0.1, 0.15) is 20.8 Å². The van der Waals surface area contributed by atoms with Crippen LogP contribution < -0.4 is 5.32 Å². The van der Waals surface area contributed by atoms with Crippen LogP contribution in [-0.4, -0.2) is 74.2 Å². The summed E-state index contributed by atoms with van der Waals surface area (Å²) in [6, 6.07) is 0.600. The molecule has 18 heavy (non-hydrogen) atoms. The van der Waals surface area contributed by atoms with Crippen molar-refractivity contribution in [2.24, 2.45) is 0 Å². The number of carbonyl (C=O) groups is 1. The molecule has 0 amide bonds. The fourth-order valence-electron chi connectivity index (χ4n) is 2.36. The highest BCUT2D eigenvalue weighted by atomic mass is 16.5. The van der Waals surface area contributed by atoms with Crippen LogP contribution in [0.3, 0.4) is 0 Å². The summed E-state index contributed by atoms with van der Waals surface area (Å²) >= 11 is 0. The predicted octanol–water partition coefficient (Wildman–Crippen LogP) is 0.164. The van der Waals surface area contributed by atoms with Crippen molar-refractivity contribution in [3.8, 4) is 0 Å². The molecule has 106 valence electrons. The quantitative estimate of drug-likeness (QED) is 0.711. The van der Waals surface area contributed by atoms with E-state index in [1.54, 1.807) is 7.05 Å². The van der Waals surface area contributed by atoms with Crippen LogP contribution >= 0.6 is 0 Å². The van der Waals surface area contributed by atoms with Gasteiger partial charge in [-0.3, -0.25) is 14.6 Å². The van der Waals surface area contributed by atoms with E-state index < -0.39 is 5.54 Å². The third kappa shape index (κ3) is 3.67. The number of nitrogens with zero attached hydrogens (tertiary/aromatic N) is 2. The van der Waals surface area contributed by atoms with E-state index in [2.05, 4.69) is 29.0 Å².